The summed E-state index contributed by atoms with van der Waals surface area (Å²) in [5.74, 6) is -0.319. The summed E-state index contributed by atoms with van der Waals surface area (Å²) in [6.07, 6.45) is 0.703. The summed E-state index contributed by atoms with van der Waals surface area (Å²) in [6.45, 7) is 1.08. The Kier molecular flexibility index (Phi) is 3.34. The number of aromatic nitrogens is 1. The molecule has 1 aromatic heterocycles. The number of hydrogen-bond donors (Lipinski definition) is 1. The molecule has 0 fully saturated rings. The van der Waals surface area contributed by atoms with Gasteiger partial charge in [0, 0.05) is 23.1 Å². The molecule has 1 amide bonds. The van der Waals surface area contributed by atoms with Crippen LogP contribution < -0.4 is 0 Å². The quantitative estimate of drug-likeness (QED) is 0.715. The molecule has 0 unspecified atom stereocenters. The van der Waals surface area contributed by atoms with Gasteiger partial charge in [-0.15, -0.1) is 0 Å². The molecule has 116 valence electrons. The number of nitrogens with zero attached hydrogens (tertiary/aromatic N) is 1. The lowest BCUT2D eigenvalue weighted by Crippen LogP contribution is -2.36. The first kappa shape index (κ1) is 14.3. The maximum atomic E-state index is 13.5. The number of nitrogens with one attached hydrogen (secondary N) is 1. The summed E-state index contributed by atoms with van der Waals surface area (Å²) in [7, 11) is 0. The summed E-state index contributed by atoms with van der Waals surface area (Å²) in [4.78, 5) is 17.7. The molecule has 23 heavy (non-hydrogen) atoms. The van der Waals surface area contributed by atoms with Crippen molar-refractivity contribution in [2.75, 3.05) is 6.54 Å². The minimum atomic E-state index is -0.242. The fourth-order valence-corrected chi connectivity index (χ4v) is 3.41. The fraction of sp³-hybridized carbons (Fsp3) is 0.167. The predicted molar refractivity (Wildman–Crippen MR) is 88.2 cm³/mol. The molecule has 2 aromatic carbocycles. The van der Waals surface area contributed by atoms with Crippen molar-refractivity contribution in [3.8, 4) is 0 Å². The molecule has 0 saturated heterocycles. The molecular formula is C18H14ClFN2O. The molecule has 1 aliphatic heterocycles. The van der Waals surface area contributed by atoms with Gasteiger partial charge in [-0.1, -0.05) is 23.7 Å². The SMILES string of the molecule is O=C(c1ccccc1Cl)N1CCc2c([nH]c3ccc(F)cc23)C1. The minimum absolute atomic E-state index is 0.0777. The van der Waals surface area contributed by atoms with Crippen molar-refractivity contribution in [3.63, 3.8) is 0 Å². The maximum absolute atomic E-state index is 13.5. The second-order valence-corrected chi connectivity index (χ2v) is 6.14. The summed E-state index contributed by atoms with van der Waals surface area (Å²) in [6, 6.07) is 11.8. The Morgan fingerprint density at radius 3 is 2.87 bits per heavy atom. The molecule has 0 aliphatic carbocycles. The number of rotatable bonds is 1. The number of hydrogen-bond acceptors (Lipinski definition) is 1. The third-order valence-electron chi connectivity index (χ3n) is 4.33. The van der Waals surface area contributed by atoms with Crippen molar-refractivity contribution < 1.29 is 9.18 Å². The van der Waals surface area contributed by atoms with Gasteiger partial charge in [-0.05, 0) is 42.3 Å². The van der Waals surface area contributed by atoms with E-state index in [1.165, 1.54) is 6.07 Å². The van der Waals surface area contributed by atoms with Gasteiger partial charge in [-0.3, -0.25) is 4.79 Å². The lowest BCUT2D eigenvalue weighted by atomic mass is 10.0. The Morgan fingerprint density at radius 1 is 1.22 bits per heavy atom. The van der Waals surface area contributed by atoms with Crippen LogP contribution in [0.15, 0.2) is 42.5 Å². The molecule has 0 atom stereocenters. The van der Waals surface area contributed by atoms with Crippen LogP contribution in [0.25, 0.3) is 10.9 Å². The number of carbonyl (C=O) groups is 1. The molecule has 2 heterocycles. The Hall–Kier alpha value is -2.33. The lowest BCUT2D eigenvalue weighted by Gasteiger charge is -2.27. The van der Waals surface area contributed by atoms with E-state index in [-0.39, 0.29) is 11.7 Å². The highest BCUT2D eigenvalue weighted by atomic mass is 35.5. The average molecular weight is 329 g/mol. The van der Waals surface area contributed by atoms with Crippen molar-refractivity contribution in [2.24, 2.45) is 0 Å². The molecule has 0 bridgehead atoms. The highest BCUT2D eigenvalue weighted by Gasteiger charge is 2.25. The number of amides is 1. The zero-order valence-corrected chi connectivity index (χ0v) is 13.0. The van der Waals surface area contributed by atoms with Gasteiger partial charge >= 0.3 is 0 Å². The first-order valence-corrected chi connectivity index (χ1v) is 7.84. The van der Waals surface area contributed by atoms with Crippen molar-refractivity contribution in [3.05, 3.63) is 70.1 Å². The zero-order valence-electron chi connectivity index (χ0n) is 12.3. The van der Waals surface area contributed by atoms with E-state index in [0.29, 0.717) is 30.1 Å². The van der Waals surface area contributed by atoms with Gasteiger partial charge in [0.25, 0.3) is 5.91 Å². The monoisotopic (exact) mass is 328 g/mol. The van der Waals surface area contributed by atoms with Crippen LogP contribution in [0.5, 0.6) is 0 Å². The van der Waals surface area contributed by atoms with Crippen LogP contribution in [-0.2, 0) is 13.0 Å². The maximum Gasteiger partial charge on any atom is 0.255 e. The van der Waals surface area contributed by atoms with Crippen LogP contribution in [0.3, 0.4) is 0 Å². The molecule has 1 N–H and O–H groups in total. The first-order chi connectivity index (χ1) is 11.1. The Labute approximate surface area is 137 Å². The Balaban J connectivity index is 1.68. The topological polar surface area (TPSA) is 36.1 Å². The van der Waals surface area contributed by atoms with Crippen LogP contribution in [0.1, 0.15) is 21.6 Å². The molecular weight excluding hydrogens is 315 g/mol. The summed E-state index contributed by atoms with van der Waals surface area (Å²) in [5.41, 5.74) is 3.49. The van der Waals surface area contributed by atoms with Gasteiger partial charge in [0.05, 0.1) is 17.1 Å². The molecule has 0 spiro atoms. The van der Waals surface area contributed by atoms with Crippen molar-refractivity contribution >= 4 is 28.4 Å². The molecule has 0 radical (unpaired) electrons. The molecule has 3 aromatic rings. The number of fused-ring (bicyclic) bond motifs is 3. The van der Waals surface area contributed by atoms with E-state index in [1.54, 1.807) is 41.3 Å². The summed E-state index contributed by atoms with van der Waals surface area (Å²) in [5, 5.41) is 1.37. The van der Waals surface area contributed by atoms with Crippen LogP contribution in [0.2, 0.25) is 5.02 Å². The van der Waals surface area contributed by atoms with Crippen LogP contribution in [-0.4, -0.2) is 22.3 Å². The largest absolute Gasteiger partial charge is 0.357 e. The third-order valence-corrected chi connectivity index (χ3v) is 4.66. The Bertz CT molecular complexity index is 919. The number of H-pyrrole nitrogens is 1. The van der Waals surface area contributed by atoms with E-state index in [0.717, 1.165) is 22.2 Å². The predicted octanol–water partition coefficient (Wildman–Crippen LogP) is 4.16. The van der Waals surface area contributed by atoms with E-state index < -0.39 is 0 Å². The summed E-state index contributed by atoms with van der Waals surface area (Å²) >= 11 is 6.12. The second-order valence-electron chi connectivity index (χ2n) is 5.73. The van der Waals surface area contributed by atoms with E-state index in [1.807, 2.05) is 0 Å². The number of benzene rings is 2. The van der Waals surface area contributed by atoms with E-state index in [4.69, 9.17) is 11.6 Å². The third kappa shape index (κ3) is 2.39. The zero-order chi connectivity index (χ0) is 16.0. The summed E-state index contributed by atoms with van der Waals surface area (Å²) < 4.78 is 13.5. The lowest BCUT2D eigenvalue weighted by molar-refractivity contribution is 0.0733. The van der Waals surface area contributed by atoms with Gasteiger partial charge in [-0.25, -0.2) is 4.39 Å². The van der Waals surface area contributed by atoms with Crippen molar-refractivity contribution in [1.82, 2.24) is 9.88 Å². The molecule has 3 nitrogen and oxygen atoms in total. The second kappa shape index (κ2) is 5.39. The molecule has 1 aliphatic rings. The number of halogens is 2. The van der Waals surface area contributed by atoms with Crippen molar-refractivity contribution in [2.45, 2.75) is 13.0 Å². The van der Waals surface area contributed by atoms with Gasteiger partial charge in [-0.2, -0.15) is 0 Å². The molecule has 0 saturated carbocycles. The van der Waals surface area contributed by atoms with Crippen LogP contribution in [0, 0.1) is 5.82 Å². The smallest absolute Gasteiger partial charge is 0.255 e. The van der Waals surface area contributed by atoms with E-state index >= 15 is 0 Å². The standard InChI is InChI=1S/C18H14ClFN2O/c19-15-4-2-1-3-13(15)18(23)22-8-7-12-14-9-11(20)5-6-16(14)21-17(12)10-22/h1-6,9,21H,7-8,10H2. The molecule has 4 rings (SSSR count). The normalized spacial score (nSPS) is 14.1. The van der Waals surface area contributed by atoms with Crippen molar-refractivity contribution in [1.29, 1.82) is 0 Å². The molecule has 5 heteroatoms. The number of carbonyl (C=O) groups excluding carboxylic acids is 1. The average Bonchev–Trinajstić information content (AvgIpc) is 2.91. The first-order valence-electron chi connectivity index (χ1n) is 7.46. The van der Waals surface area contributed by atoms with Gasteiger partial charge in [0.1, 0.15) is 5.82 Å². The van der Waals surface area contributed by atoms with Gasteiger partial charge in [0.2, 0.25) is 0 Å². The minimum Gasteiger partial charge on any atom is -0.357 e. The van der Waals surface area contributed by atoms with Crippen LogP contribution >= 0.6 is 11.6 Å². The Morgan fingerprint density at radius 2 is 2.04 bits per heavy atom. The van der Waals surface area contributed by atoms with Gasteiger partial charge in [0.15, 0.2) is 0 Å². The van der Waals surface area contributed by atoms with E-state index in [9.17, 15) is 9.18 Å². The highest BCUT2D eigenvalue weighted by molar-refractivity contribution is 6.33. The fourth-order valence-electron chi connectivity index (χ4n) is 3.19. The highest BCUT2D eigenvalue weighted by Crippen LogP contribution is 2.29. The van der Waals surface area contributed by atoms with Crippen LogP contribution in [0.4, 0.5) is 4.39 Å². The van der Waals surface area contributed by atoms with Gasteiger partial charge < -0.3 is 9.88 Å². The van der Waals surface area contributed by atoms with E-state index in [2.05, 4.69) is 4.98 Å². The number of aromatic amines is 1.